The first-order valence-electron chi connectivity index (χ1n) is 16.0. The van der Waals surface area contributed by atoms with E-state index in [1.54, 1.807) is 24.3 Å². The Morgan fingerprint density at radius 1 is 1.21 bits per heavy atom. The summed E-state index contributed by atoms with van der Waals surface area (Å²) in [5.74, 6) is -0.208. The number of aliphatic hydroxyl groups excluding tert-OH is 2. The Labute approximate surface area is 281 Å². The largest absolute Gasteiger partial charge is 0.465 e. The van der Waals surface area contributed by atoms with Crippen LogP contribution in [0.15, 0.2) is 47.7 Å². The fourth-order valence-electron chi connectivity index (χ4n) is 5.24. The molecule has 1 aliphatic heterocycles. The van der Waals surface area contributed by atoms with Gasteiger partial charge in [0.05, 0.1) is 18.9 Å². The highest BCUT2D eigenvalue weighted by atomic mass is 31.2. The average molecular weight is 689 g/mol. The van der Waals surface area contributed by atoms with Crippen LogP contribution in [0.25, 0.3) is 5.52 Å². The number of aromatic nitrogens is 3. The third kappa shape index (κ3) is 8.24. The Kier molecular flexibility index (Phi) is 11.4. The lowest BCUT2D eigenvalue weighted by Crippen LogP contribution is -2.43. The third-order valence-electron chi connectivity index (χ3n) is 8.73. The Morgan fingerprint density at radius 3 is 2.52 bits per heavy atom. The molecule has 3 heterocycles. The van der Waals surface area contributed by atoms with E-state index >= 15 is 0 Å². The van der Waals surface area contributed by atoms with Gasteiger partial charge in [-0.1, -0.05) is 60.1 Å². The second-order valence-electron chi connectivity index (χ2n) is 13.9. The minimum Gasteiger partial charge on any atom is -0.465 e. The Morgan fingerprint density at radius 2 is 1.90 bits per heavy atom. The molecule has 1 unspecified atom stereocenters. The van der Waals surface area contributed by atoms with Gasteiger partial charge >= 0.3 is 13.7 Å². The van der Waals surface area contributed by atoms with E-state index < -0.39 is 50.3 Å². The van der Waals surface area contributed by atoms with Gasteiger partial charge in [-0.05, 0) is 54.0 Å². The zero-order valence-electron chi connectivity index (χ0n) is 28.9. The smallest absolute Gasteiger partial charge is 0.459 e. The quantitative estimate of drug-likeness (QED) is 0.108. The predicted molar refractivity (Wildman–Crippen MR) is 182 cm³/mol. The van der Waals surface area contributed by atoms with Gasteiger partial charge in [-0.2, -0.15) is 10.2 Å². The van der Waals surface area contributed by atoms with Crippen molar-refractivity contribution in [1.29, 1.82) is 0 Å². The molecule has 0 bridgehead atoms. The highest BCUT2D eigenvalue weighted by molar-refractivity contribution is 7.52. The van der Waals surface area contributed by atoms with E-state index in [4.69, 9.17) is 24.3 Å². The van der Waals surface area contributed by atoms with Crippen molar-refractivity contribution in [1.82, 2.24) is 19.7 Å². The number of aliphatic imine (C=N–C) groups is 1. The van der Waals surface area contributed by atoms with Crippen molar-refractivity contribution in [2.75, 3.05) is 26.0 Å². The van der Waals surface area contributed by atoms with Crippen molar-refractivity contribution >= 4 is 31.3 Å². The van der Waals surface area contributed by atoms with Crippen molar-refractivity contribution < 1.29 is 38.1 Å². The van der Waals surface area contributed by atoms with Crippen LogP contribution in [0, 0.1) is 5.41 Å². The molecule has 4 rings (SSSR count). The van der Waals surface area contributed by atoms with Crippen LogP contribution < -0.4 is 15.3 Å². The summed E-state index contributed by atoms with van der Waals surface area (Å²) in [5, 5.41) is 29.5. The summed E-state index contributed by atoms with van der Waals surface area (Å²) in [6, 6.07) is 9.22. The molecular weight excluding hydrogens is 639 g/mol. The van der Waals surface area contributed by atoms with Crippen LogP contribution in [0.2, 0.25) is 0 Å². The van der Waals surface area contributed by atoms with E-state index in [1.165, 1.54) is 31.0 Å². The van der Waals surface area contributed by atoms with E-state index in [1.807, 2.05) is 12.1 Å². The molecule has 0 amide bonds. The molecule has 1 saturated heterocycles. The third-order valence-corrected chi connectivity index (χ3v) is 10.4. The molecule has 6 atom stereocenters. The predicted octanol–water partition coefficient (Wildman–Crippen LogP) is 4.18. The van der Waals surface area contributed by atoms with Gasteiger partial charge in [0.25, 0.3) is 0 Å². The number of benzene rings is 1. The number of nitrogens with zero attached hydrogens (tertiary/aromatic N) is 4. The summed E-state index contributed by atoms with van der Waals surface area (Å²) >= 11 is 0. The Bertz CT molecular complexity index is 1640. The van der Waals surface area contributed by atoms with Crippen LogP contribution in [-0.4, -0.2) is 81.6 Å². The molecule has 0 saturated carbocycles. The number of nitrogens with two attached hydrogens (primary N) is 1. The lowest BCUT2D eigenvalue weighted by molar-refractivity contribution is -0.146. The van der Waals surface area contributed by atoms with Crippen LogP contribution in [0.5, 0.6) is 5.75 Å². The normalized spacial score (nSPS) is 23.8. The first kappa shape index (κ1) is 37.4. The minimum atomic E-state index is -4.34. The molecule has 1 aromatic carbocycles. The lowest BCUT2D eigenvalue weighted by atomic mass is 9.87. The number of hydrogen-bond donors (Lipinski definition) is 4. The van der Waals surface area contributed by atoms with Gasteiger partial charge in [-0.15, -0.1) is 0 Å². The zero-order chi connectivity index (χ0) is 35.5. The molecule has 14 nitrogen and oxygen atoms in total. The molecule has 1 aliphatic rings. The van der Waals surface area contributed by atoms with Gasteiger partial charge in [-0.3, -0.25) is 14.3 Å². The van der Waals surface area contributed by atoms with Gasteiger partial charge in [0.15, 0.2) is 11.4 Å². The number of ether oxygens (including phenoxy) is 2. The van der Waals surface area contributed by atoms with Gasteiger partial charge in [-0.25, -0.2) is 14.1 Å². The number of fused-ring (bicyclic) bond motifs is 1. The van der Waals surface area contributed by atoms with Crippen LogP contribution >= 0.6 is 7.75 Å². The highest BCUT2D eigenvalue weighted by Gasteiger charge is 2.56. The van der Waals surface area contributed by atoms with Gasteiger partial charge < -0.3 is 29.9 Å². The summed E-state index contributed by atoms with van der Waals surface area (Å²) in [4.78, 5) is 21.0. The first-order chi connectivity index (χ1) is 22.4. The molecule has 5 N–H and O–H groups in total. The van der Waals surface area contributed by atoms with Crippen molar-refractivity contribution in [2.45, 2.75) is 96.7 Å². The van der Waals surface area contributed by atoms with E-state index in [0.717, 1.165) is 12.0 Å². The Hall–Kier alpha value is -3.39. The van der Waals surface area contributed by atoms with Crippen LogP contribution in [0.3, 0.4) is 0 Å². The second-order valence-corrected chi connectivity index (χ2v) is 15.6. The maximum atomic E-state index is 14.3. The topological polar surface area (TPSA) is 192 Å². The van der Waals surface area contributed by atoms with E-state index in [2.05, 4.69) is 61.7 Å². The molecule has 3 aromatic rings. The van der Waals surface area contributed by atoms with Gasteiger partial charge in [0.1, 0.15) is 41.9 Å². The molecule has 48 heavy (non-hydrogen) atoms. The monoisotopic (exact) mass is 688 g/mol. The summed E-state index contributed by atoms with van der Waals surface area (Å²) in [6.45, 7) is 13.6. The molecule has 264 valence electrons. The fourth-order valence-corrected chi connectivity index (χ4v) is 6.74. The molecule has 2 aromatic heterocycles. The molecule has 0 spiro atoms. The van der Waals surface area contributed by atoms with E-state index in [0.29, 0.717) is 17.6 Å². The molecule has 15 heteroatoms. The number of rotatable bonds is 14. The maximum Gasteiger partial charge on any atom is 0.459 e. The second kappa shape index (κ2) is 14.6. The average Bonchev–Trinajstić information content (AvgIpc) is 3.56. The van der Waals surface area contributed by atoms with Crippen molar-refractivity contribution in [2.24, 2.45) is 10.4 Å². The molecule has 1 fully saturated rings. The molecule has 0 radical (unpaired) electrons. The van der Waals surface area contributed by atoms with Gasteiger partial charge in [0, 0.05) is 13.3 Å². The number of aliphatic hydroxyl groups is 2. The number of carbonyl (C=O) groups is 1. The maximum absolute atomic E-state index is 14.3. The first-order valence-corrected chi connectivity index (χ1v) is 17.5. The summed E-state index contributed by atoms with van der Waals surface area (Å²) in [5.41, 5.74) is 6.01. The van der Waals surface area contributed by atoms with Crippen LogP contribution in [0.1, 0.15) is 72.6 Å². The highest BCUT2D eigenvalue weighted by Crippen LogP contribution is 2.47. The van der Waals surface area contributed by atoms with Crippen molar-refractivity contribution in [3.05, 3.63) is 54.0 Å². The number of esters is 1. The minimum absolute atomic E-state index is 0.00517. The number of hydrogen-bond acceptors (Lipinski definition) is 12. The van der Waals surface area contributed by atoms with E-state index in [9.17, 15) is 19.6 Å². The van der Waals surface area contributed by atoms with Crippen molar-refractivity contribution in [3.8, 4) is 5.75 Å². The summed E-state index contributed by atoms with van der Waals surface area (Å²) in [6.07, 6.45) is -0.0937. The van der Waals surface area contributed by atoms with Crippen LogP contribution in [0.4, 0.5) is 5.82 Å². The number of nitrogens with one attached hydrogen (secondary N) is 1. The van der Waals surface area contributed by atoms with Crippen LogP contribution in [-0.2, 0) is 34.4 Å². The summed E-state index contributed by atoms with van der Waals surface area (Å²) in [7, 11) is -2.84. The van der Waals surface area contributed by atoms with Crippen molar-refractivity contribution in [3.63, 3.8) is 0 Å². The standard InChI is InChI=1S/C33H49N6O8P/c1-9-32(6,7)16-17-44-30(42)21(2)38-48(43,47-23-12-10-22(11-13-23)31(3,4)5)45-18-25-27(40)28(41)33(46-25,19-35-8)26-15-14-24-29(34)36-20-37-39(24)26/h10-15,19-21,25,27-28,40-41H,9,16-18H2,1-8H3,(H,38,43)(H2,34,36,37)/b35-19-/t21-,25+,27+,28+,33-,48?/m0/s1. The molecule has 0 aliphatic carbocycles. The summed E-state index contributed by atoms with van der Waals surface area (Å²) < 4.78 is 39.2. The Balaban J connectivity index is 1.57. The van der Waals surface area contributed by atoms with Gasteiger partial charge in [0.2, 0.25) is 0 Å². The fraction of sp³-hybridized carbons (Fsp3) is 0.576. The SMILES string of the molecule is CCC(C)(C)CCOC(=O)[C@H](C)NP(=O)(OC[C@H]1O[C@@](/C=N\C)(c2ccc3c(N)ncnn23)[C@H](O)[C@@H]1O)Oc1ccc(C(C)(C)C)cc1. The number of nitrogen functional groups attached to an aromatic ring is 1. The number of anilines is 1. The van der Waals surface area contributed by atoms with E-state index in [-0.39, 0.29) is 29.0 Å². The zero-order valence-corrected chi connectivity index (χ0v) is 29.8. The number of carbonyl (C=O) groups excluding carboxylic acids is 1. The molecular formula is C33H49N6O8P. The lowest BCUT2D eigenvalue weighted by Gasteiger charge is -2.28.